The first-order valence-electron chi connectivity index (χ1n) is 6.13. The number of anilines is 1. The fourth-order valence-electron chi connectivity index (χ4n) is 1.93. The lowest BCUT2D eigenvalue weighted by atomic mass is 10.2. The molecule has 0 bridgehead atoms. The minimum atomic E-state index is 0.598. The first-order chi connectivity index (χ1) is 9.58. The molecule has 0 aliphatic heterocycles. The molecule has 0 aliphatic carbocycles. The summed E-state index contributed by atoms with van der Waals surface area (Å²) >= 11 is 12.1. The van der Waals surface area contributed by atoms with Crippen LogP contribution in [0.5, 0.6) is 0 Å². The van der Waals surface area contributed by atoms with E-state index in [-0.39, 0.29) is 0 Å². The van der Waals surface area contributed by atoms with Crippen LogP contribution in [0.25, 0.3) is 0 Å². The van der Waals surface area contributed by atoms with Crippen LogP contribution in [0.3, 0.4) is 0 Å². The van der Waals surface area contributed by atoms with Crippen molar-refractivity contribution in [1.29, 1.82) is 0 Å². The molecule has 1 heterocycles. The first-order valence-corrected chi connectivity index (χ1v) is 6.89. The Morgan fingerprint density at radius 2 is 2.00 bits per heavy atom. The molecule has 4 nitrogen and oxygen atoms in total. The highest BCUT2D eigenvalue weighted by Crippen LogP contribution is 2.19. The zero-order chi connectivity index (χ0) is 14.5. The molecule has 0 unspecified atom stereocenters. The molecule has 0 fully saturated rings. The predicted molar refractivity (Wildman–Crippen MR) is 83.7 cm³/mol. The summed E-state index contributed by atoms with van der Waals surface area (Å²) in [7, 11) is 2.00. The lowest BCUT2D eigenvalue weighted by Gasteiger charge is -2.17. The van der Waals surface area contributed by atoms with Crippen LogP contribution in [-0.4, -0.2) is 16.9 Å². The van der Waals surface area contributed by atoms with Gasteiger partial charge in [0.2, 0.25) is 0 Å². The summed E-state index contributed by atoms with van der Waals surface area (Å²) < 4.78 is 0. The topological polar surface area (TPSA) is 54.2 Å². The van der Waals surface area contributed by atoms with Crippen LogP contribution >= 0.6 is 23.2 Å². The molecule has 2 aromatic rings. The number of hydrogen-bond acceptors (Lipinski definition) is 4. The van der Waals surface area contributed by atoms with Crippen molar-refractivity contribution in [2.45, 2.75) is 13.1 Å². The third kappa shape index (κ3) is 4.08. The maximum Gasteiger partial charge on any atom is 0.140 e. The Morgan fingerprint density at radius 1 is 1.20 bits per heavy atom. The van der Waals surface area contributed by atoms with Crippen molar-refractivity contribution in [2.75, 3.05) is 12.5 Å². The van der Waals surface area contributed by atoms with Crippen molar-refractivity contribution in [3.05, 3.63) is 57.7 Å². The minimum absolute atomic E-state index is 0.598. The Bertz CT molecular complexity index is 589. The largest absolute Gasteiger partial charge is 0.308 e. The van der Waals surface area contributed by atoms with Gasteiger partial charge in [-0.1, -0.05) is 35.3 Å². The molecule has 1 aromatic heterocycles. The molecule has 0 spiro atoms. The van der Waals surface area contributed by atoms with Gasteiger partial charge in [-0.2, -0.15) is 0 Å². The quantitative estimate of drug-likeness (QED) is 0.657. The zero-order valence-corrected chi connectivity index (χ0v) is 12.6. The van der Waals surface area contributed by atoms with E-state index < -0.39 is 0 Å². The maximum absolute atomic E-state index is 6.15. The lowest BCUT2D eigenvalue weighted by Crippen LogP contribution is -2.19. The lowest BCUT2D eigenvalue weighted by molar-refractivity contribution is 0.315. The molecule has 0 saturated carbocycles. The number of pyridine rings is 1. The SMILES string of the molecule is CN(Cc1cccc(Cl)c1)Cc1nc(NN)ccc1Cl. The van der Waals surface area contributed by atoms with Gasteiger partial charge in [0.1, 0.15) is 5.82 Å². The predicted octanol–water partition coefficient (Wildman–Crippen LogP) is 3.31. The van der Waals surface area contributed by atoms with Gasteiger partial charge in [-0.15, -0.1) is 0 Å². The molecular weight excluding hydrogens is 295 g/mol. The van der Waals surface area contributed by atoms with Crippen LogP contribution in [0.4, 0.5) is 5.82 Å². The number of halogens is 2. The number of nitrogens with two attached hydrogens (primary N) is 1. The number of hydrazine groups is 1. The summed E-state index contributed by atoms with van der Waals surface area (Å²) in [4.78, 5) is 6.47. The number of nitrogen functional groups attached to an aromatic ring is 1. The smallest absolute Gasteiger partial charge is 0.140 e. The minimum Gasteiger partial charge on any atom is -0.308 e. The van der Waals surface area contributed by atoms with Crippen molar-refractivity contribution >= 4 is 29.0 Å². The molecule has 0 atom stereocenters. The van der Waals surface area contributed by atoms with E-state index in [0.717, 1.165) is 22.8 Å². The van der Waals surface area contributed by atoms with Gasteiger partial charge >= 0.3 is 0 Å². The molecule has 0 saturated heterocycles. The van der Waals surface area contributed by atoms with E-state index in [1.807, 2.05) is 31.3 Å². The van der Waals surface area contributed by atoms with Crippen LogP contribution in [0.1, 0.15) is 11.3 Å². The van der Waals surface area contributed by atoms with E-state index in [0.29, 0.717) is 17.4 Å². The van der Waals surface area contributed by atoms with E-state index in [4.69, 9.17) is 29.0 Å². The van der Waals surface area contributed by atoms with E-state index in [9.17, 15) is 0 Å². The van der Waals surface area contributed by atoms with Gasteiger partial charge in [0.05, 0.1) is 10.7 Å². The molecule has 0 radical (unpaired) electrons. The maximum atomic E-state index is 6.15. The molecule has 2 rings (SSSR count). The van der Waals surface area contributed by atoms with Crippen LogP contribution in [0, 0.1) is 0 Å². The van der Waals surface area contributed by atoms with Crippen LogP contribution in [-0.2, 0) is 13.1 Å². The normalized spacial score (nSPS) is 10.8. The van der Waals surface area contributed by atoms with Gasteiger partial charge in [0.15, 0.2) is 0 Å². The summed E-state index contributed by atoms with van der Waals surface area (Å²) in [6.45, 7) is 1.39. The van der Waals surface area contributed by atoms with E-state index in [2.05, 4.69) is 15.3 Å². The number of nitrogens with zero attached hydrogens (tertiary/aromatic N) is 2. The highest BCUT2D eigenvalue weighted by molar-refractivity contribution is 6.31. The second-order valence-corrected chi connectivity index (χ2v) is 5.42. The highest BCUT2D eigenvalue weighted by Gasteiger charge is 2.08. The molecule has 3 N–H and O–H groups in total. The van der Waals surface area contributed by atoms with E-state index >= 15 is 0 Å². The van der Waals surface area contributed by atoms with Crippen LogP contribution in [0.15, 0.2) is 36.4 Å². The molecule has 20 heavy (non-hydrogen) atoms. The molecule has 0 aliphatic rings. The third-order valence-electron chi connectivity index (χ3n) is 2.83. The second-order valence-electron chi connectivity index (χ2n) is 4.57. The number of nitrogens with one attached hydrogen (secondary N) is 1. The Balaban J connectivity index is 2.06. The number of hydrogen-bond donors (Lipinski definition) is 2. The standard InChI is InChI=1S/C14H16Cl2N4/c1-20(8-10-3-2-4-11(15)7-10)9-13-12(16)5-6-14(18-13)19-17/h2-7H,8-9,17H2,1H3,(H,18,19). The monoisotopic (exact) mass is 310 g/mol. The Morgan fingerprint density at radius 3 is 2.70 bits per heavy atom. The second kappa shape index (κ2) is 6.90. The van der Waals surface area contributed by atoms with Gasteiger partial charge in [-0.25, -0.2) is 10.8 Å². The summed E-state index contributed by atoms with van der Waals surface area (Å²) in [5, 5.41) is 1.36. The van der Waals surface area contributed by atoms with Gasteiger partial charge in [0.25, 0.3) is 0 Å². The number of rotatable bonds is 5. The van der Waals surface area contributed by atoms with Crippen molar-refractivity contribution < 1.29 is 0 Å². The Labute approximate surface area is 128 Å². The van der Waals surface area contributed by atoms with Crippen LogP contribution < -0.4 is 11.3 Å². The number of benzene rings is 1. The molecule has 106 valence electrons. The van der Waals surface area contributed by atoms with Gasteiger partial charge in [-0.05, 0) is 36.9 Å². The zero-order valence-electron chi connectivity index (χ0n) is 11.1. The summed E-state index contributed by atoms with van der Waals surface area (Å²) in [5.41, 5.74) is 4.45. The number of aromatic nitrogens is 1. The van der Waals surface area contributed by atoms with E-state index in [1.165, 1.54) is 0 Å². The fraction of sp³-hybridized carbons (Fsp3) is 0.214. The van der Waals surface area contributed by atoms with Crippen molar-refractivity contribution in [3.8, 4) is 0 Å². The average Bonchev–Trinajstić information content (AvgIpc) is 2.41. The average molecular weight is 311 g/mol. The first kappa shape index (κ1) is 15.1. The summed E-state index contributed by atoms with van der Waals surface area (Å²) in [5.74, 6) is 5.95. The highest BCUT2D eigenvalue weighted by atomic mass is 35.5. The molecular formula is C14H16Cl2N4. The summed E-state index contributed by atoms with van der Waals surface area (Å²) in [6.07, 6.45) is 0. The molecule has 0 amide bonds. The third-order valence-corrected chi connectivity index (χ3v) is 3.41. The fourth-order valence-corrected chi connectivity index (χ4v) is 2.31. The van der Waals surface area contributed by atoms with Crippen molar-refractivity contribution in [3.63, 3.8) is 0 Å². The van der Waals surface area contributed by atoms with Gasteiger partial charge < -0.3 is 5.43 Å². The molecule has 1 aromatic carbocycles. The summed E-state index contributed by atoms with van der Waals surface area (Å²) in [6, 6.07) is 11.3. The van der Waals surface area contributed by atoms with Crippen LogP contribution in [0.2, 0.25) is 10.0 Å². The Kier molecular flexibility index (Phi) is 5.20. The Hall–Kier alpha value is -1.33. The van der Waals surface area contributed by atoms with Crippen molar-refractivity contribution in [2.24, 2.45) is 5.84 Å². The van der Waals surface area contributed by atoms with E-state index in [1.54, 1.807) is 12.1 Å². The molecule has 6 heteroatoms. The van der Waals surface area contributed by atoms with Gasteiger partial charge in [0, 0.05) is 18.1 Å². The van der Waals surface area contributed by atoms with Gasteiger partial charge in [-0.3, -0.25) is 4.90 Å². The van der Waals surface area contributed by atoms with Crippen molar-refractivity contribution in [1.82, 2.24) is 9.88 Å².